The van der Waals surface area contributed by atoms with Crippen molar-refractivity contribution in [3.8, 4) is 0 Å². The summed E-state index contributed by atoms with van der Waals surface area (Å²) in [5, 5.41) is 0. The van der Waals surface area contributed by atoms with Crippen LogP contribution in [0, 0.1) is 0 Å². The van der Waals surface area contributed by atoms with Crippen molar-refractivity contribution in [3.05, 3.63) is 29.8 Å². The van der Waals surface area contributed by atoms with Crippen molar-refractivity contribution in [2.45, 2.75) is 75.8 Å². The molecule has 178 valence electrons. The van der Waals surface area contributed by atoms with Gasteiger partial charge in [0.15, 0.2) is 0 Å². The Morgan fingerprint density at radius 1 is 0.935 bits per heavy atom. The predicted molar refractivity (Wildman–Crippen MR) is 101 cm³/mol. The van der Waals surface area contributed by atoms with Crippen LogP contribution in [0.3, 0.4) is 0 Å². The highest BCUT2D eigenvalue weighted by molar-refractivity contribution is 7.89. The van der Waals surface area contributed by atoms with Gasteiger partial charge in [0, 0.05) is 0 Å². The Kier molecular flexibility index (Phi) is 8.77. The maximum absolute atomic E-state index is 13.3. The fourth-order valence-electron chi connectivity index (χ4n) is 2.94. The summed E-state index contributed by atoms with van der Waals surface area (Å²) in [6.07, 6.45) is -12.0. The van der Waals surface area contributed by atoms with E-state index >= 15 is 0 Å². The molecule has 2 unspecified atom stereocenters. The van der Waals surface area contributed by atoms with E-state index in [1.165, 1.54) is 29.7 Å². The van der Waals surface area contributed by atoms with Crippen LogP contribution in [0.5, 0.6) is 0 Å². The third-order valence-corrected chi connectivity index (χ3v) is 5.85. The smallest absolute Gasteiger partial charge is 0.299 e. The fourth-order valence-corrected chi connectivity index (χ4v) is 3.77. The molecule has 0 aliphatic heterocycles. The molecule has 2 N–H and O–H groups in total. The molecule has 1 aromatic rings. The first-order valence-electron chi connectivity index (χ1n) is 9.39. The monoisotopic (exact) mass is 477 g/mol. The zero-order valence-electron chi connectivity index (χ0n) is 17.3. The normalized spacial score (nSPS) is 14.9. The number of hydrogen-bond acceptors (Lipinski definition) is 3. The minimum absolute atomic E-state index is 0.0969. The number of hydrazine groups is 1. The molecule has 2 atom stereocenters. The molecule has 0 spiro atoms. The molecular formula is C18H25F6N3O3S. The number of benzene rings is 1. The molecule has 0 aliphatic carbocycles. The van der Waals surface area contributed by atoms with Gasteiger partial charge in [-0.15, -0.1) is 4.83 Å². The summed E-state index contributed by atoms with van der Waals surface area (Å²) in [5.41, 5.74) is 2.29. The van der Waals surface area contributed by atoms with E-state index in [4.69, 9.17) is 0 Å². The van der Waals surface area contributed by atoms with Gasteiger partial charge in [-0.1, -0.05) is 39.8 Å². The van der Waals surface area contributed by atoms with Crippen LogP contribution in [0.4, 0.5) is 31.1 Å². The first-order valence-corrected chi connectivity index (χ1v) is 10.9. The molecule has 0 saturated carbocycles. The number of rotatable bonds is 8. The molecule has 13 heteroatoms. The highest BCUT2D eigenvalue weighted by Crippen LogP contribution is 2.35. The quantitative estimate of drug-likeness (QED) is 0.421. The van der Waals surface area contributed by atoms with E-state index in [1.54, 1.807) is 4.83 Å². The lowest BCUT2D eigenvalue weighted by Gasteiger charge is -2.38. The lowest BCUT2D eigenvalue weighted by molar-refractivity contribution is -0.222. The zero-order chi connectivity index (χ0) is 24.2. The van der Waals surface area contributed by atoms with E-state index in [9.17, 15) is 39.6 Å². The number of nitrogens with zero attached hydrogens (tertiary/aromatic N) is 1. The van der Waals surface area contributed by atoms with E-state index in [2.05, 4.69) is 0 Å². The summed E-state index contributed by atoms with van der Waals surface area (Å²) < 4.78 is 105. The molecule has 0 heterocycles. The van der Waals surface area contributed by atoms with Crippen molar-refractivity contribution in [3.63, 3.8) is 0 Å². The average molecular weight is 477 g/mol. The average Bonchev–Trinajstić information content (AvgIpc) is 2.64. The van der Waals surface area contributed by atoms with Gasteiger partial charge in [0.1, 0.15) is 12.1 Å². The van der Waals surface area contributed by atoms with Gasteiger partial charge in [-0.3, -0.25) is 10.3 Å². The topological polar surface area (TPSA) is 78.5 Å². The summed E-state index contributed by atoms with van der Waals surface area (Å²) in [5.74, 6) is 0.0969. The molecule has 1 aromatic carbocycles. The maximum atomic E-state index is 13.3. The van der Waals surface area contributed by atoms with Crippen LogP contribution in [0.15, 0.2) is 29.2 Å². The number of nitrogens with one attached hydrogen (secondary N) is 2. The number of sulfonamides is 1. The third-order valence-electron chi connectivity index (χ3n) is 4.58. The molecule has 31 heavy (non-hydrogen) atoms. The van der Waals surface area contributed by atoms with Crippen molar-refractivity contribution in [1.29, 1.82) is 0 Å². The van der Waals surface area contributed by atoms with Gasteiger partial charge in [-0.2, -0.15) is 26.3 Å². The van der Waals surface area contributed by atoms with Crippen molar-refractivity contribution >= 4 is 16.1 Å². The zero-order valence-corrected chi connectivity index (χ0v) is 18.1. The number of alkyl halides is 6. The number of carbonyl (C=O) groups is 1. The molecular weight excluding hydrogens is 452 g/mol. The first kappa shape index (κ1) is 27.0. The summed E-state index contributed by atoms with van der Waals surface area (Å²) in [7, 11) is -4.44. The number of amides is 2. The molecule has 0 saturated heterocycles. The van der Waals surface area contributed by atoms with E-state index in [-0.39, 0.29) is 10.8 Å². The Morgan fingerprint density at radius 3 is 1.68 bits per heavy atom. The second-order valence-corrected chi connectivity index (χ2v) is 8.78. The summed E-state index contributed by atoms with van der Waals surface area (Å²) in [6.45, 7) is 5.68. The number of halogens is 6. The highest BCUT2D eigenvalue weighted by Gasteiger charge is 2.53. The molecule has 0 radical (unpaired) electrons. The minimum atomic E-state index is -5.16. The van der Waals surface area contributed by atoms with E-state index in [1.807, 2.05) is 13.8 Å². The Bertz CT molecular complexity index is 817. The number of hydrogen-bond donors (Lipinski definition) is 2. The van der Waals surface area contributed by atoms with Gasteiger partial charge in [0.25, 0.3) is 10.0 Å². The van der Waals surface area contributed by atoms with Gasteiger partial charge >= 0.3 is 18.4 Å². The van der Waals surface area contributed by atoms with Crippen molar-refractivity contribution in [1.82, 2.24) is 15.2 Å². The SMILES string of the molecule is CCC(N(C(=O)NNS(=O)(=O)c1ccc(C(C)C)cc1)C(CC)C(F)(F)F)C(F)(F)F. The fraction of sp³-hybridized carbons (Fsp3) is 0.611. The second kappa shape index (κ2) is 10.1. The molecule has 0 aromatic heterocycles. The second-order valence-electron chi connectivity index (χ2n) is 7.10. The molecule has 0 aliphatic rings. The van der Waals surface area contributed by atoms with Crippen LogP contribution >= 0.6 is 0 Å². The Hall–Kier alpha value is -2.02. The maximum Gasteiger partial charge on any atom is 0.408 e. The Labute approximate surface area is 177 Å². The first-order chi connectivity index (χ1) is 14.1. The van der Waals surface area contributed by atoms with Crippen LogP contribution < -0.4 is 10.3 Å². The van der Waals surface area contributed by atoms with E-state index < -0.39 is 58.2 Å². The lowest BCUT2D eigenvalue weighted by Crippen LogP contribution is -2.62. The lowest BCUT2D eigenvalue weighted by atomic mass is 10.0. The van der Waals surface area contributed by atoms with Gasteiger partial charge in [-0.05, 0) is 36.5 Å². The van der Waals surface area contributed by atoms with Crippen molar-refractivity contribution in [2.75, 3.05) is 0 Å². The van der Waals surface area contributed by atoms with Gasteiger partial charge < -0.3 is 0 Å². The van der Waals surface area contributed by atoms with Crippen molar-refractivity contribution < 1.29 is 39.6 Å². The van der Waals surface area contributed by atoms with E-state index in [0.717, 1.165) is 19.4 Å². The standard InChI is InChI=1S/C18H25F6N3O3S/c1-5-14(17(19,20)21)27(15(6-2)18(22,23)24)16(28)25-26-31(29,30)13-9-7-12(8-10-13)11(3)4/h7-11,14-15,26H,5-6H2,1-4H3,(H,25,28). The van der Waals surface area contributed by atoms with Crippen LogP contribution in [0.2, 0.25) is 0 Å². The van der Waals surface area contributed by atoms with Crippen LogP contribution in [-0.4, -0.2) is 43.8 Å². The Balaban J connectivity index is 3.18. The van der Waals surface area contributed by atoms with Gasteiger partial charge in [0.2, 0.25) is 0 Å². The Morgan fingerprint density at radius 2 is 1.35 bits per heavy atom. The molecule has 2 amide bonds. The van der Waals surface area contributed by atoms with Crippen LogP contribution in [-0.2, 0) is 10.0 Å². The van der Waals surface area contributed by atoms with Crippen LogP contribution in [0.25, 0.3) is 0 Å². The summed E-state index contributed by atoms with van der Waals surface area (Å²) >= 11 is 0. The van der Waals surface area contributed by atoms with E-state index in [0.29, 0.717) is 0 Å². The molecule has 0 bridgehead atoms. The summed E-state index contributed by atoms with van der Waals surface area (Å²) in [4.78, 5) is 13.2. The largest absolute Gasteiger partial charge is 0.408 e. The van der Waals surface area contributed by atoms with Crippen LogP contribution in [0.1, 0.15) is 52.0 Å². The molecule has 0 fully saturated rings. The number of urea groups is 1. The molecule has 6 nitrogen and oxygen atoms in total. The van der Waals surface area contributed by atoms with Crippen molar-refractivity contribution in [2.24, 2.45) is 0 Å². The van der Waals surface area contributed by atoms with Gasteiger partial charge in [0.05, 0.1) is 4.90 Å². The van der Waals surface area contributed by atoms with Gasteiger partial charge in [-0.25, -0.2) is 13.2 Å². The highest BCUT2D eigenvalue weighted by atomic mass is 32.2. The summed E-state index contributed by atoms with van der Waals surface area (Å²) in [6, 6.07) is -1.99. The predicted octanol–water partition coefficient (Wildman–Crippen LogP) is 4.70. The third kappa shape index (κ3) is 6.99. The number of carbonyl (C=O) groups excluding carboxylic acids is 1. The molecule has 1 rings (SSSR count). The minimum Gasteiger partial charge on any atom is -0.299 e.